The first-order valence-electron chi connectivity index (χ1n) is 6.94. The SMILES string of the molecule is CC(=Nc1cccc(CO)c1)c1c(O)[nH]c2ccc(N)cc12. The molecule has 0 radical (unpaired) electrons. The fraction of sp³-hybridized carbons (Fsp3) is 0.118. The summed E-state index contributed by atoms with van der Waals surface area (Å²) in [6.45, 7) is 1.80. The third kappa shape index (κ3) is 2.54. The van der Waals surface area contributed by atoms with Gasteiger partial charge in [-0.2, -0.15) is 0 Å². The van der Waals surface area contributed by atoms with Crippen LogP contribution in [0.4, 0.5) is 11.4 Å². The number of rotatable bonds is 3. The number of nitrogens with one attached hydrogen (secondary N) is 1. The Bertz CT molecular complexity index is 865. The minimum Gasteiger partial charge on any atom is -0.494 e. The first-order valence-corrected chi connectivity index (χ1v) is 6.94. The highest BCUT2D eigenvalue weighted by atomic mass is 16.3. The van der Waals surface area contributed by atoms with Crippen molar-refractivity contribution in [1.29, 1.82) is 0 Å². The summed E-state index contributed by atoms with van der Waals surface area (Å²) in [5, 5.41) is 20.2. The molecular formula is C17H17N3O2. The summed E-state index contributed by atoms with van der Waals surface area (Å²) >= 11 is 0. The van der Waals surface area contributed by atoms with Gasteiger partial charge in [0.15, 0.2) is 5.88 Å². The molecule has 0 aliphatic heterocycles. The number of H-pyrrole nitrogens is 1. The van der Waals surface area contributed by atoms with E-state index in [4.69, 9.17) is 5.73 Å². The molecule has 0 amide bonds. The van der Waals surface area contributed by atoms with Gasteiger partial charge in [0.2, 0.25) is 0 Å². The third-order valence-electron chi connectivity index (χ3n) is 3.55. The number of fused-ring (bicyclic) bond motifs is 1. The number of anilines is 1. The number of hydrogen-bond donors (Lipinski definition) is 4. The highest BCUT2D eigenvalue weighted by Gasteiger charge is 2.13. The molecule has 22 heavy (non-hydrogen) atoms. The molecule has 0 atom stereocenters. The lowest BCUT2D eigenvalue weighted by atomic mass is 10.1. The fourth-order valence-electron chi connectivity index (χ4n) is 2.54. The van der Waals surface area contributed by atoms with Crippen LogP contribution in [-0.2, 0) is 6.61 Å². The summed E-state index contributed by atoms with van der Waals surface area (Å²) < 4.78 is 0. The van der Waals surface area contributed by atoms with E-state index in [1.807, 2.05) is 43.3 Å². The lowest BCUT2D eigenvalue weighted by Crippen LogP contribution is -1.94. The van der Waals surface area contributed by atoms with E-state index in [1.54, 1.807) is 6.07 Å². The number of aliphatic imine (C=N–C) groups is 1. The van der Waals surface area contributed by atoms with Crippen LogP contribution in [0, 0.1) is 0 Å². The van der Waals surface area contributed by atoms with Gasteiger partial charge in [0.25, 0.3) is 0 Å². The summed E-state index contributed by atoms with van der Waals surface area (Å²) in [6.07, 6.45) is 0. The molecular weight excluding hydrogens is 278 g/mol. The van der Waals surface area contributed by atoms with Crippen molar-refractivity contribution in [2.45, 2.75) is 13.5 Å². The van der Waals surface area contributed by atoms with E-state index in [2.05, 4.69) is 9.98 Å². The maximum absolute atomic E-state index is 10.2. The molecule has 0 unspecified atom stereocenters. The van der Waals surface area contributed by atoms with Gasteiger partial charge in [-0.15, -0.1) is 0 Å². The summed E-state index contributed by atoms with van der Waals surface area (Å²) in [6, 6.07) is 12.7. The van der Waals surface area contributed by atoms with Crippen molar-refractivity contribution in [3.63, 3.8) is 0 Å². The minimum atomic E-state index is -0.0305. The molecule has 0 spiro atoms. The zero-order valence-corrected chi connectivity index (χ0v) is 12.2. The van der Waals surface area contributed by atoms with Gasteiger partial charge in [0, 0.05) is 16.6 Å². The van der Waals surface area contributed by atoms with Crippen molar-refractivity contribution >= 4 is 28.0 Å². The molecule has 5 N–H and O–H groups in total. The summed E-state index contributed by atoms with van der Waals surface area (Å²) in [7, 11) is 0. The van der Waals surface area contributed by atoms with Crippen LogP contribution in [0.5, 0.6) is 5.88 Å². The molecule has 0 bridgehead atoms. The topological polar surface area (TPSA) is 94.6 Å². The molecule has 5 heteroatoms. The molecule has 5 nitrogen and oxygen atoms in total. The Hall–Kier alpha value is -2.79. The number of aromatic nitrogens is 1. The van der Waals surface area contributed by atoms with Gasteiger partial charge < -0.3 is 20.9 Å². The van der Waals surface area contributed by atoms with Gasteiger partial charge in [0.05, 0.1) is 23.6 Å². The average Bonchev–Trinajstić information content (AvgIpc) is 2.82. The Balaban J connectivity index is 2.11. The molecule has 0 aliphatic carbocycles. The van der Waals surface area contributed by atoms with E-state index in [1.165, 1.54) is 0 Å². The van der Waals surface area contributed by atoms with Crippen LogP contribution in [0.3, 0.4) is 0 Å². The lowest BCUT2D eigenvalue weighted by Gasteiger charge is -2.03. The predicted molar refractivity (Wildman–Crippen MR) is 88.6 cm³/mol. The van der Waals surface area contributed by atoms with E-state index < -0.39 is 0 Å². The molecule has 0 saturated carbocycles. The molecule has 0 fully saturated rings. The number of aromatic hydroxyl groups is 1. The Morgan fingerprint density at radius 1 is 1.23 bits per heavy atom. The second-order valence-electron chi connectivity index (χ2n) is 5.18. The number of aliphatic hydroxyl groups is 1. The maximum atomic E-state index is 10.2. The number of benzene rings is 2. The van der Waals surface area contributed by atoms with E-state index >= 15 is 0 Å². The Labute approximate surface area is 127 Å². The monoisotopic (exact) mass is 295 g/mol. The maximum Gasteiger partial charge on any atom is 0.198 e. The summed E-state index contributed by atoms with van der Waals surface area (Å²) in [5.74, 6) is 0.0696. The molecule has 0 saturated heterocycles. The Morgan fingerprint density at radius 2 is 2.05 bits per heavy atom. The van der Waals surface area contributed by atoms with Crippen molar-refractivity contribution in [1.82, 2.24) is 4.98 Å². The molecule has 3 aromatic rings. The van der Waals surface area contributed by atoms with Gasteiger partial charge in [-0.3, -0.25) is 4.99 Å². The second kappa shape index (κ2) is 5.54. The van der Waals surface area contributed by atoms with Gasteiger partial charge in [-0.1, -0.05) is 12.1 Å². The van der Waals surface area contributed by atoms with E-state index in [9.17, 15) is 10.2 Å². The van der Waals surface area contributed by atoms with Gasteiger partial charge in [-0.05, 0) is 42.8 Å². The smallest absolute Gasteiger partial charge is 0.198 e. The Morgan fingerprint density at radius 3 is 2.82 bits per heavy atom. The number of nitrogen functional groups attached to an aromatic ring is 1. The fourth-order valence-corrected chi connectivity index (χ4v) is 2.54. The standard InChI is InChI=1S/C17H17N3O2/c1-10(19-13-4-2-3-11(7-13)9-21)16-14-8-12(18)5-6-15(14)20-17(16)22/h2-8,20-22H,9,18H2,1H3. The molecule has 112 valence electrons. The second-order valence-corrected chi connectivity index (χ2v) is 5.18. The number of nitrogens with zero attached hydrogens (tertiary/aromatic N) is 1. The predicted octanol–water partition coefficient (Wildman–Crippen LogP) is 3.09. The van der Waals surface area contributed by atoms with Gasteiger partial charge in [0.1, 0.15) is 0 Å². The molecule has 1 aromatic heterocycles. The Kier molecular flexibility index (Phi) is 3.56. The number of hydrogen-bond acceptors (Lipinski definition) is 4. The van der Waals surface area contributed by atoms with Crippen LogP contribution >= 0.6 is 0 Å². The number of aliphatic hydroxyl groups excluding tert-OH is 1. The minimum absolute atomic E-state index is 0.0305. The van der Waals surface area contributed by atoms with Crippen LogP contribution in [0.25, 0.3) is 10.9 Å². The van der Waals surface area contributed by atoms with Crippen molar-refractivity contribution in [3.8, 4) is 5.88 Å². The van der Waals surface area contributed by atoms with E-state index in [0.29, 0.717) is 17.0 Å². The summed E-state index contributed by atoms with van der Waals surface area (Å²) in [4.78, 5) is 7.46. The van der Waals surface area contributed by atoms with Gasteiger partial charge in [-0.25, -0.2) is 0 Å². The van der Waals surface area contributed by atoms with E-state index in [-0.39, 0.29) is 12.5 Å². The van der Waals surface area contributed by atoms with Crippen LogP contribution < -0.4 is 5.73 Å². The third-order valence-corrected chi connectivity index (χ3v) is 3.55. The molecule has 0 aliphatic rings. The van der Waals surface area contributed by atoms with E-state index in [0.717, 1.165) is 22.2 Å². The normalized spacial score (nSPS) is 12.0. The van der Waals surface area contributed by atoms with Gasteiger partial charge >= 0.3 is 0 Å². The van der Waals surface area contributed by atoms with Crippen LogP contribution in [0.2, 0.25) is 0 Å². The largest absolute Gasteiger partial charge is 0.494 e. The first kappa shape index (κ1) is 14.2. The average molecular weight is 295 g/mol. The molecule has 2 aromatic carbocycles. The quantitative estimate of drug-likeness (QED) is 0.442. The molecule has 1 heterocycles. The van der Waals surface area contributed by atoms with Crippen molar-refractivity contribution in [2.75, 3.05) is 5.73 Å². The number of nitrogens with two attached hydrogens (primary N) is 1. The highest BCUT2D eigenvalue weighted by molar-refractivity contribution is 6.13. The van der Waals surface area contributed by atoms with Crippen LogP contribution in [-0.4, -0.2) is 20.9 Å². The summed E-state index contributed by atoms with van der Waals surface area (Å²) in [5.41, 5.74) is 10.1. The zero-order valence-electron chi connectivity index (χ0n) is 12.2. The van der Waals surface area contributed by atoms with Crippen molar-refractivity contribution in [2.24, 2.45) is 4.99 Å². The first-order chi connectivity index (χ1) is 10.6. The zero-order chi connectivity index (χ0) is 15.7. The molecule has 3 rings (SSSR count). The van der Waals surface area contributed by atoms with Crippen LogP contribution in [0.15, 0.2) is 47.5 Å². The van der Waals surface area contributed by atoms with Crippen molar-refractivity contribution < 1.29 is 10.2 Å². The van der Waals surface area contributed by atoms with Crippen LogP contribution in [0.1, 0.15) is 18.1 Å². The number of aromatic amines is 1. The van der Waals surface area contributed by atoms with Crippen molar-refractivity contribution in [3.05, 3.63) is 53.6 Å². The highest BCUT2D eigenvalue weighted by Crippen LogP contribution is 2.30. The lowest BCUT2D eigenvalue weighted by molar-refractivity contribution is 0.282.